The van der Waals surface area contributed by atoms with Gasteiger partial charge in [-0.2, -0.15) is 4.31 Å². The van der Waals surface area contributed by atoms with Crippen molar-refractivity contribution in [3.8, 4) is 0 Å². The zero-order valence-electron chi connectivity index (χ0n) is 14.9. The van der Waals surface area contributed by atoms with Crippen LogP contribution in [-0.4, -0.2) is 80.7 Å². The first-order chi connectivity index (χ1) is 11.9. The number of aryl methyl sites for hydroxylation is 2. The van der Waals surface area contributed by atoms with E-state index in [0.717, 1.165) is 6.54 Å². The molecule has 1 aromatic rings. The molecule has 0 bridgehead atoms. The first-order valence-corrected chi connectivity index (χ1v) is 9.89. The Morgan fingerprint density at radius 1 is 1.23 bits per heavy atom. The number of hydrogen-bond acceptors (Lipinski definition) is 7. The highest BCUT2D eigenvalue weighted by atomic mass is 35.5. The summed E-state index contributed by atoms with van der Waals surface area (Å²) in [4.78, 5) is 14.4. The molecule has 2 saturated heterocycles. The number of carbonyl (C=O) groups excluding carboxylic acids is 1. The third kappa shape index (κ3) is 4.20. The van der Waals surface area contributed by atoms with E-state index in [1.807, 2.05) is 0 Å². The number of sulfonamides is 1. The van der Waals surface area contributed by atoms with Crippen LogP contribution in [0.2, 0.25) is 0 Å². The van der Waals surface area contributed by atoms with Gasteiger partial charge in [0.15, 0.2) is 5.76 Å². The van der Waals surface area contributed by atoms with Crippen LogP contribution in [0.15, 0.2) is 9.42 Å². The largest absolute Gasteiger partial charge is 0.366 e. The van der Waals surface area contributed by atoms with Crippen molar-refractivity contribution >= 4 is 28.3 Å². The van der Waals surface area contributed by atoms with Crippen LogP contribution >= 0.6 is 12.4 Å². The average molecular weight is 409 g/mol. The molecule has 1 aromatic heterocycles. The number of halogens is 1. The Kier molecular flexibility index (Phi) is 7.03. The summed E-state index contributed by atoms with van der Waals surface area (Å²) in [6.45, 7) is 6.44. The van der Waals surface area contributed by atoms with E-state index in [4.69, 9.17) is 9.26 Å². The number of amides is 1. The smallest absolute Gasteiger partial charge is 0.253 e. The minimum absolute atomic E-state index is 0. The number of nitrogens with one attached hydrogen (secondary N) is 1. The number of aromatic nitrogens is 1. The van der Waals surface area contributed by atoms with Crippen molar-refractivity contribution in [3.63, 3.8) is 0 Å². The van der Waals surface area contributed by atoms with E-state index in [-0.39, 0.29) is 35.5 Å². The van der Waals surface area contributed by atoms with Gasteiger partial charge in [0, 0.05) is 39.3 Å². The SMILES string of the molecule is Cc1noc(C)c1S(=O)(=O)N1CCCN(C(=O)C2CNCCO2)CC1.Cl. The molecule has 2 aliphatic heterocycles. The van der Waals surface area contributed by atoms with Crippen molar-refractivity contribution in [1.29, 1.82) is 0 Å². The van der Waals surface area contributed by atoms with Gasteiger partial charge in [0.05, 0.1) is 6.61 Å². The molecule has 11 heteroatoms. The Morgan fingerprint density at radius 3 is 2.62 bits per heavy atom. The van der Waals surface area contributed by atoms with Gasteiger partial charge in [-0.25, -0.2) is 8.42 Å². The van der Waals surface area contributed by atoms with E-state index in [1.165, 1.54) is 4.31 Å². The van der Waals surface area contributed by atoms with E-state index in [0.29, 0.717) is 44.9 Å². The van der Waals surface area contributed by atoms with Crippen LogP contribution in [0.1, 0.15) is 17.9 Å². The zero-order chi connectivity index (χ0) is 18.0. The lowest BCUT2D eigenvalue weighted by atomic mass is 10.2. The number of nitrogens with zero attached hydrogens (tertiary/aromatic N) is 3. The summed E-state index contributed by atoms with van der Waals surface area (Å²) in [6, 6.07) is 0. The summed E-state index contributed by atoms with van der Waals surface area (Å²) in [5, 5.41) is 6.87. The third-order valence-corrected chi connectivity index (χ3v) is 6.68. The van der Waals surface area contributed by atoms with Crippen molar-refractivity contribution in [2.24, 2.45) is 0 Å². The molecular formula is C15H25ClN4O5S. The van der Waals surface area contributed by atoms with Gasteiger partial charge < -0.3 is 19.5 Å². The molecule has 0 aromatic carbocycles. The molecule has 1 atom stereocenters. The van der Waals surface area contributed by atoms with Gasteiger partial charge in [0.1, 0.15) is 16.7 Å². The Bertz CT molecular complexity index is 713. The molecule has 2 aliphatic rings. The molecule has 9 nitrogen and oxygen atoms in total. The molecule has 26 heavy (non-hydrogen) atoms. The topological polar surface area (TPSA) is 105 Å². The number of ether oxygens (including phenoxy) is 1. The van der Waals surface area contributed by atoms with Crippen LogP contribution in [0.4, 0.5) is 0 Å². The maximum Gasteiger partial charge on any atom is 0.253 e. The second-order valence-corrected chi connectivity index (χ2v) is 8.17. The molecule has 148 valence electrons. The quantitative estimate of drug-likeness (QED) is 0.746. The highest BCUT2D eigenvalue weighted by Gasteiger charge is 2.34. The predicted molar refractivity (Wildman–Crippen MR) is 95.8 cm³/mol. The summed E-state index contributed by atoms with van der Waals surface area (Å²) < 4.78 is 37.7. The maximum absolute atomic E-state index is 12.9. The molecule has 0 spiro atoms. The van der Waals surface area contributed by atoms with Crippen LogP contribution in [0, 0.1) is 13.8 Å². The molecule has 1 N–H and O–H groups in total. The average Bonchev–Trinajstić information content (AvgIpc) is 2.81. The second kappa shape index (κ2) is 8.66. The molecule has 3 rings (SSSR count). The fourth-order valence-electron chi connectivity index (χ4n) is 3.25. The highest BCUT2D eigenvalue weighted by Crippen LogP contribution is 2.24. The monoisotopic (exact) mass is 408 g/mol. The van der Waals surface area contributed by atoms with E-state index < -0.39 is 16.1 Å². The molecule has 0 saturated carbocycles. The Morgan fingerprint density at radius 2 is 2.00 bits per heavy atom. The third-order valence-electron chi connectivity index (χ3n) is 4.54. The van der Waals surface area contributed by atoms with E-state index in [9.17, 15) is 13.2 Å². The van der Waals surface area contributed by atoms with Gasteiger partial charge in [0.2, 0.25) is 10.0 Å². The second-order valence-electron chi connectivity index (χ2n) is 6.30. The first kappa shape index (κ1) is 21.1. The summed E-state index contributed by atoms with van der Waals surface area (Å²) in [5.41, 5.74) is 0.358. The lowest BCUT2D eigenvalue weighted by Crippen LogP contribution is -2.50. The molecule has 0 aliphatic carbocycles. The number of hydrogen-bond donors (Lipinski definition) is 1. The van der Waals surface area contributed by atoms with Gasteiger partial charge in [0.25, 0.3) is 5.91 Å². The van der Waals surface area contributed by atoms with Crippen LogP contribution in [0.5, 0.6) is 0 Å². The van der Waals surface area contributed by atoms with Crippen molar-refractivity contribution in [1.82, 2.24) is 19.7 Å². The van der Waals surface area contributed by atoms with Crippen LogP contribution in [0.25, 0.3) is 0 Å². The zero-order valence-corrected chi connectivity index (χ0v) is 16.6. The van der Waals surface area contributed by atoms with Crippen LogP contribution in [0.3, 0.4) is 0 Å². The lowest BCUT2D eigenvalue weighted by Gasteiger charge is -2.29. The molecule has 2 fully saturated rings. The van der Waals surface area contributed by atoms with Gasteiger partial charge in [-0.15, -0.1) is 12.4 Å². The van der Waals surface area contributed by atoms with E-state index in [1.54, 1.807) is 18.7 Å². The molecule has 0 radical (unpaired) electrons. The minimum Gasteiger partial charge on any atom is -0.366 e. The van der Waals surface area contributed by atoms with Crippen LogP contribution < -0.4 is 5.32 Å². The maximum atomic E-state index is 12.9. The number of rotatable bonds is 3. The molecule has 3 heterocycles. The fraction of sp³-hybridized carbons (Fsp3) is 0.733. The number of morpholine rings is 1. The number of carbonyl (C=O) groups is 1. The van der Waals surface area contributed by atoms with Gasteiger partial charge in [-0.3, -0.25) is 4.79 Å². The van der Waals surface area contributed by atoms with Crippen LogP contribution in [-0.2, 0) is 19.6 Å². The lowest BCUT2D eigenvalue weighted by molar-refractivity contribution is -0.145. The van der Waals surface area contributed by atoms with E-state index in [2.05, 4.69) is 10.5 Å². The standard InChI is InChI=1S/C15H24N4O5S.ClH/c1-11-14(12(2)24-17-11)25(21,22)19-6-3-5-18(7-8-19)15(20)13-10-16-4-9-23-13;/h13,16H,3-10H2,1-2H3;1H. The van der Waals surface area contributed by atoms with E-state index >= 15 is 0 Å². The summed E-state index contributed by atoms with van der Waals surface area (Å²) in [7, 11) is -3.68. The Labute approximate surface area is 159 Å². The van der Waals surface area contributed by atoms with Gasteiger partial charge >= 0.3 is 0 Å². The van der Waals surface area contributed by atoms with Crippen molar-refractivity contribution in [2.75, 3.05) is 45.9 Å². The fourth-order valence-corrected chi connectivity index (χ4v) is 5.01. The van der Waals surface area contributed by atoms with Crippen molar-refractivity contribution in [2.45, 2.75) is 31.3 Å². The summed E-state index contributed by atoms with van der Waals surface area (Å²) in [5.74, 6) is 0.208. The highest BCUT2D eigenvalue weighted by molar-refractivity contribution is 7.89. The predicted octanol–water partition coefficient (Wildman–Crippen LogP) is -0.0754. The molecular weight excluding hydrogens is 384 g/mol. The molecule has 1 amide bonds. The van der Waals surface area contributed by atoms with Gasteiger partial charge in [-0.05, 0) is 20.3 Å². The summed E-state index contributed by atoms with van der Waals surface area (Å²) in [6.07, 6.45) is 0.0913. The Hall–Kier alpha value is -1.20. The normalized spacial score (nSPS) is 22.5. The Balaban J connectivity index is 0.00000243. The van der Waals surface area contributed by atoms with Gasteiger partial charge in [-0.1, -0.05) is 5.16 Å². The summed E-state index contributed by atoms with van der Waals surface area (Å²) >= 11 is 0. The van der Waals surface area contributed by atoms with Crippen molar-refractivity contribution in [3.05, 3.63) is 11.5 Å². The molecule has 1 unspecified atom stereocenters. The first-order valence-electron chi connectivity index (χ1n) is 8.45. The minimum atomic E-state index is -3.68. The van der Waals surface area contributed by atoms with Crippen molar-refractivity contribution < 1.29 is 22.5 Å².